The number of benzene rings is 2. The largest absolute Gasteiger partial charge is 0.354 e. The molecule has 0 radical (unpaired) electrons. The van der Waals surface area contributed by atoms with Crippen molar-refractivity contribution in [2.75, 3.05) is 17.2 Å². The molecule has 0 aliphatic heterocycles. The van der Waals surface area contributed by atoms with Gasteiger partial charge in [0.15, 0.2) is 17.0 Å². The third kappa shape index (κ3) is 4.40. The molecule has 4 aromatic rings. The van der Waals surface area contributed by atoms with Crippen molar-refractivity contribution in [3.8, 4) is 0 Å². The van der Waals surface area contributed by atoms with Gasteiger partial charge in [-0.2, -0.15) is 9.97 Å². The Kier molecular flexibility index (Phi) is 5.38. The summed E-state index contributed by atoms with van der Waals surface area (Å²) in [4.78, 5) is 17.9. The van der Waals surface area contributed by atoms with Crippen LogP contribution in [0, 0.1) is 6.92 Å². The molecule has 2 aromatic heterocycles. The molecule has 0 aliphatic rings. The first kappa shape index (κ1) is 17.9. The first-order valence-electron chi connectivity index (χ1n) is 9.38. The first-order valence-corrected chi connectivity index (χ1v) is 9.38. The summed E-state index contributed by atoms with van der Waals surface area (Å²) in [6.07, 6.45) is 5.30. The molecule has 0 unspecified atom stereocenters. The van der Waals surface area contributed by atoms with Crippen LogP contribution >= 0.6 is 0 Å². The molecule has 0 saturated heterocycles. The average molecular weight is 370 g/mol. The molecular weight excluding hydrogens is 348 g/mol. The van der Waals surface area contributed by atoms with Gasteiger partial charge in [-0.15, -0.1) is 0 Å². The Morgan fingerprint density at radius 2 is 1.64 bits per heavy atom. The molecule has 0 amide bonds. The number of aryl methyl sites for hydroxylation is 2. The van der Waals surface area contributed by atoms with Crippen LogP contribution in [-0.4, -0.2) is 26.5 Å². The van der Waals surface area contributed by atoms with Gasteiger partial charge in [0, 0.05) is 24.6 Å². The smallest absolute Gasteiger partial charge is 0.226 e. The fourth-order valence-corrected chi connectivity index (χ4v) is 2.94. The molecule has 0 bridgehead atoms. The van der Waals surface area contributed by atoms with E-state index in [4.69, 9.17) is 0 Å². The number of aromatic nitrogens is 4. The monoisotopic (exact) mass is 370 g/mol. The normalized spacial score (nSPS) is 10.8. The summed E-state index contributed by atoms with van der Waals surface area (Å²) >= 11 is 0. The van der Waals surface area contributed by atoms with E-state index in [0.717, 1.165) is 25.1 Å². The molecule has 0 aliphatic carbocycles. The van der Waals surface area contributed by atoms with Gasteiger partial charge in [-0.3, -0.25) is 0 Å². The van der Waals surface area contributed by atoms with Gasteiger partial charge in [-0.1, -0.05) is 48.0 Å². The van der Waals surface area contributed by atoms with E-state index in [1.54, 1.807) is 12.4 Å². The zero-order chi connectivity index (χ0) is 19.2. The van der Waals surface area contributed by atoms with E-state index in [-0.39, 0.29) is 0 Å². The lowest BCUT2D eigenvalue weighted by Crippen LogP contribution is -2.09. The molecule has 0 saturated carbocycles. The Balaban J connectivity index is 1.49. The van der Waals surface area contributed by atoms with Crippen LogP contribution in [0.1, 0.15) is 17.5 Å². The fraction of sp³-hybridized carbons (Fsp3) is 0.182. The summed E-state index contributed by atoms with van der Waals surface area (Å²) in [5.74, 6) is 1.20. The van der Waals surface area contributed by atoms with Crippen LogP contribution in [-0.2, 0) is 6.42 Å². The van der Waals surface area contributed by atoms with Crippen molar-refractivity contribution in [1.29, 1.82) is 0 Å². The standard InChI is InChI=1S/C22H22N6/c1-16-9-11-18(12-10-16)26-21-19-20(24-15-14-23-19)27-22(28-21)25-13-5-8-17-6-3-2-4-7-17/h2-4,6-7,9-12,14-15H,5,8,13H2,1H3,(H2,24,25,26,27,28). The Hall–Kier alpha value is -3.54. The Labute approximate surface area is 164 Å². The van der Waals surface area contributed by atoms with Crippen LogP contribution < -0.4 is 10.6 Å². The van der Waals surface area contributed by atoms with Crippen molar-refractivity contribution < 1.29 is 0 Å². The Bertz CT molecular complexity index is 1050. The lowest BCUT2D eigenvalue weighted by atomic mass is 10.1. The quantitative estimate of drug-likeness (QED) is 0.466. The van der Waals surface area contributed by atoms with Gasteiger partial charge >= 0.3 is 0 Å². The van der Waals surface area contributed by atoms with Crippen LogP contribution in [0.25, 0.3) is 11.2 Å². The van der Waals surface area contributed by atoms with Gasteiger partial charge in [0.25, 0.3) is 0 Å². The maximum atomic E-state index is 4.63. The summed E-state index contributed by atoms with van der Waals surface area (Å²) in [5.41, 5.74) is 4.71. The Morgan fingerprint density at radius 1 is 0.857 bits per heavy atom. The van der Waals surface area contributed by atoms with Gasteiger partial charge < -0.3 is 10.6 Å². The predicted molar refractivity (Wildman–Crippen MR) is 113 cm³/mol. The number of nitrogens with zero attached hydrogens (tertiary/aromatic N) is 4. The molecule has 4 rings (SSSR count). The third-order valence-corrected chi connectivity index (χ3v) is 4.42. The summed E-state index contributed by atoms with van der Waals surface area (Å²) in [5, 5.41) is 6.65. The lowest BCUT2D eigenvalue weighted by molar-refractivity contribution is 0.854. The Morgan fingerprint density at radius 3 is 2.46 bits per heavy atom. The van der Waals surface area contributed by atoms with Crippen molar-refractivity contribution in [1.82, 2.24) is 19.9 Å². The minimum absolute atomic E-state index is 0.552. The molecule has 6 heteroatoms. The highest BCUT2D eigenvalue weighted by molar-refractivity contribution is 5.85. The number of hydrogen-bond acceptors (Lipinski definition) is 6. The molecule has 2 N–H and O–H groups in total. The van der Waals surface area contributed by atoms with E-state index in [1.165, 1.54) is 11.1 Å². The van der Waals surface area contributed by atoms with E-state index < -0.39 is 0 Å². The summed E-state index contributed by atoms with van der Waals surface area (Å²) in [7, 11) is 0. The van der Waals surface area contributed by atoms with E-state index in [9.17, 15) is 0 Å². The van der Waals surface area contributed by atoms with Gasteiger partial charge in [0.05, 0.1) is 0 Å². The zero-order valence-corrected chi connectivity index (χ0v) is 15.8. The van der Waals surface area contributed by atoms with E-state index in [2.05, 4.69) is 73.9 Å². The van der Waals surface area contributed by atoms with E-state index in [0.29, 0.717) is 22.9 Å². The maximum absolute atomic E-state index is 4.63. The lowest BCUT2D eigenvalue weighted by Gasteiger charge is -2.11. The van der Waals surface area contributed by atoms with Crippen LogP contribution in [0.2, 0.25) is 0 Å². The number of nitrogens with one attached hydrogen (secondary N) is 2. The number of rotatable bonds is 7. The minimum Gasteiger partial charge on any atom is -0.354 e. The van der Waals surface area contributed by atoms with Crippen molar-refractivity contribution in [2.24, 2.45) is 0 Å². The number of hydrogen-bond donors (Lipinski definition) is 2. The average Bonchev–Trinajstić information content (AvgIpc) is 2.74. The van der Waals surface area contributed by atoms with Gasteiger partial charge in [0.2, 0.25) is 5.95 Å². The second-order valence-electron chi connectivity index (χ2n) is 6.63. The van der Waals surface area contributed by atoms with Crippen LogP contribution in [0.3, 0.4) is 0 Å². The summed E-state index contributed by atoms with van der Waals surface area (Å²) in [6, 6.07) is 18.6. The number of fused-ring (bicyclic) bond motifs is 1. The van der Waals surface area contributed by atoms with Crippen LogP contribution in [0.5, 0.6) is 0 Å². The molecular formula is C22H22N6. The molecule has 0 spiro atoms. The summed E-state index contributed by atoms with van der Waals surface area (Å²) in [6.45, 7) is 2.84. The molecule has 2 heterocycles. The molecule has 28 heavy (non-hydrogen) atoms. The van der Waals surface area contributed by atoms with Gasteiger partial charge in [0.1, 0.15) is 0 Å². The number of anilines is 3. The molecule has 0 fully saturated rings. The molecule has 6 nitrogen and oxygen atoms in total. The molecule has 140 valence electrons. The van der Waals surface area contributed by atoms with Crippen LogP contribution in [0.15, 0.2) is 67.0 Å². The molecule has 2 aromatic carbocycles. The second kappa shape index (κ2) is 8.43. The molecule has 0 atom stereocenters. The highest BCUT2D eigenvalue weighted by atomic mass is 15.2. The summed E-state index contributed by atoms with van der Waals surface area (Å²) < 4.78 is 0. The minimum atomic E-state index is 0.552. The van der Waals surface area contributed by atoms with Gasteiger partial charge in [-0.25, -0.2) is 9.97 Å². The van der Waals surface area contributed by atoms with E-state index >= 15 is 0 Å². The van der Waals surface area contributed by atoms with E-state index in [1.807, 2.05) is 18.2 Å². The van der Waals surface area contributed by atoms with Crippen LogP contribution in [0.4, 0.5) is 17.5 Å². The van der Waals surface area contributed by atoms with Crippen molar-refractivity contribution in [3.63, 3.8) is 0 Å². The highest BCUT2D eigenvalue weighted by Gasteiger charge is 2.10. The first-order chi connectivity index (χ1) is 13.8. The van der Waals surface area contributed by atoms with Crippen molar-refractivity contribution in [2.45, 2.75) is 19.8 Å². The van der Waals surface area contributed by atoms with Crippen molar-refractivity contribution in [3.05, 3.63) is 78.1 Å². The predicted octanol–water partition coefficient (Wildman–Crippen LogP) is 4.52. The topological polar surface area (TPSA) is 75.6 Å². The third-order valence-electron chi connectivity index (χ3n) is 4.42. The highest BCUT2D eigenvalue weighted by Crippen LogP contribution is 2.22. The second-order valence-corrected chi connectivity index (χ2v) is 6.63. The fourth-order valence-electron chi connectivity index (χ4n) is 2.94. The van der Waals surface area contributed by atoms with Crippen molar-refractivity contribution >= 4 is 28.6 Å². The maximum Gasteiger partial charge on any atom is 0.226 e. The van der Waals surface area contributed by atoms with Gasteiger partial charge in [-0.05, 0) is 37.5 Å². The SMILES string of the molecule is Cc1ccc(Nc2nc(NCCCc3ccccc3)nc3nccnc23)cc1. The zero-order valence-electron chi connectivity index (χ0n) is 15.8.